The van der Waals surface area contributed by atoms with Crippen LogP contribution in [0.15, 0.2) is 78.9 Å². The molecule has 6 rings (SSSR count). The Morgan fingerprint density at radius 1 is 0.897 bits per heavy atom. The van der Waals surface area contributed by atoms with Crippen molar-refractivity contribution in [3.8, 4) is 34.1 Å². The van der Waals surface area contributed by atoms with Gasteiger partial charge in [0.25, 0.3) is 0 Å². The van der Waals surface area contributed by atoms with Crippen LogP contribution in [-0.2, 0) is 24.4 Å². The third-order valence-electron chi connectivity index (χ3n) is 7.59. The molecule has 3 aromatic carbocycles. The van der Waals surface area contributed by atoms with Crippen LogP contribution in [0.3, 0.4) is 0 Å². The summed E-state index contributed by atoms with van der Waals surface area (Å²) in [6.07, 6.45) is 4.71. The molecule has 0 spiro atoms. The molecule has 39 heavy (non-hydrogen) atoms. The molecule has 4 aromatic rings. The van der Waals surface area contributed by atoms with Crippen LogP contribution in [0.25, 0.3) is 22.6 Å². The number of hydrogen-bond donors (Lipinski definition) is 0. The second-order valence-electron chi connectivity index (χ2n) is 10.5. The molecular formula is C33H37N3O3. The number of aromatic nitrogens is 2. The van der Waals surface area contributed by atoms with Crippen molar-refractivity contribution in [1.29, 1.82) is 0 Å². The first-order chi connectivity index (χ1) is 19.3. The van der Waals surface area contributed by atoms with Crippen molar-refractivity contribution in [2.45, 2.75) is 58.3 Å². The topological polar surface area (TPSA) is 48.8 Å². The lowest BCUT2D eigenvalue weighted by atomic mass is 10.1. The monoisotopic (exact) mass is 523 g/mol. The maximum absolute atomic E-state index is 6.11. The van der Waals surface area contributed by atoms with Crippen LogP contribution >= 0.6 is 0 Å². The molecule has 2 aliphatic heterocycles. The Morgan fingerprint density at radius 2 is 1.67 bits per heavy atom. The van der Waals surface area contributed by atoms with Gasteiger partial charge in [0.05, 0.1) is 17.5 Å². The molecule has 0 amide bonds. The standard InChI is InChI=1S/C33H37N3O3/c1-2-3-18-36-29(32(26-11-6-4-7-12-26)34-33(36)27-13-8-5-9-14-27)23-35(22-28-15-10-19-37-28)21-25-16-17-30-31(20-25)39-24-38-30/h4-9,11-14,16-17,20,28H,2-3,10,15,18-19,21-24H2,1H3/t28-/m1/s1. The van der Waals surface area contributed by atoms with Crippen molar-refractivity contribution >= 4 is 0 Å². The van der Waals surface area contributed by atoms with Crippen molar-refractivity contribution in [1.82, 2.24) is 14.5 Å². The number of benzene rings is 3. The van der Waals surface area contributed by atoms with E-state index in [1.165, 1.54) is 11.3 Å². The Hall–Kier alpha value is -3.61. The number of imidazole rings is 1. The Bertz CT molecular complexity index is 1360. The highest BCUT2D eigenvalue weighted by molar-refractivity contribution is 5.68. The molecular weight excluding hydrogens is 486 g/mol. The van der Waals surface area contributed by atoms with E-state index in [1.807, 2.05) is 6.07 Å². The number of rotatable bonds is 11. The molecule has 0 saturated carbocycles. The quantitative estimate of drug-likeness (QED) is 0.213. The fourth-order valence-corrected chi connectivity index (χ4v) is 5.61. The molecule has 1 fully saturated rings. The van der Waals surface area contributed by atoms with Gasteiger partial charge in [-0.3, -0.25) is 4.90 Å². The van der Waals surface area contributed by atoms with Gasteiger partial charge in [0, 0.05) is 43.9 Å². The fraction of sp³-hybridized carbons (Fsp3) is 0.364. The van der Waals surface area contributed by atoms with Gasteiger partial charge in [-0.2, -0.15) is 0 Å². The molecule has 0 radical (unpaired) electrons. The van der Waals surface area contributed by atoms with E-state index >= 15 is 0 Å². The molecule has 0 unspecified atom stereocenters. The summed E-state index contributed by atoms with van der Waals surface area (Å²) >= 11 is 0. The Labute approximate surface area is 231 Å². The number of nitrogens with zero attached hydrogens (tertiary/aromatic N) is 3. The fourth-order valence-electron chi connectivity index (χ4n) is 5.61. The molecule has 1 aromatic heterocycles. The second-order valence-corrected chi connectivity index (χ2v) is 10.5. The highest BCUT2D eigenvalue weighted by Gasteiger charge is 2.25. The Morgan fingerprint density at radius 3 is 2.41 bits per heavy atom. The van der Waals surface area contributed by atoms with E-state index in [0.717, 1.165) is 92.6 Å². The lowest BCUT2D eigenvalue weighted by Crippen LogP contribution is -2.32. The van der Waals surface area contributed by atoms with Gasteiger partial charge in [0.2, 0.25) is 6.79 Å². The van der Waals surface area contributed by atoms with E-state index in [2.05, 4.69) is 89.2 Å². The van der Waals surface area contributed by atoms with Crippen LogP contribution in [0.2, 0.25) is 0 Å². The summed E-state index contributed by atoms with van der Waals surface area (Å²) in [4.78, 5) is 7.83. The van der Waals surface area contributed by atoms with Gasteiger partial charge < -0.3 is 18.8 Å². The van der Waals surface area contributed by atoms with E-state index in [9.17, 15) is 0 Å². The molecule has 2 aliphatic rings. The lowest BCUT2D eigenvalue weighted by molar-refractivity contribution is 0.0671. The highest BCUT2D eigenvalue weighted by atomic mass is 16.7. The van der Waals surface area contributed by atoms with E-state index in [4.69, 9.17) is 19.2 Å². The summed E-state index contributed by atoms with van der Waals surface area (Å²) in [5, 5.41) is 0. The first-order valence-corrected chi connectivity index (χ1v) is 14.2. The second kappa shape index (κ2) is 12.1. The summed E-state index contributed by atoms with van der Waals surface area (Å²) in [7, 11) is 0. The van der Waals surface area contributed by atoms with E-state index < -0.39 is 0 Å². The number of ether oxygens (including phenoxy) is 3. The van der Waals surface area contributed by atoms with Crippen LogP contribution in [0, 0.1) is 0 Å². The molecule has 6 heteroatoms. The Balaban J connectivity index is 1.40. The lowest BCUT2D eigenvalue weighted by Gasteiger charge is -2.27. The smallest absolute Gasteiger partial charge is 0.231 e. The van der Waals surface area contributed by atoms with Crippen LogP contribution in [0.1, 0.15) is 43.9 Å². The average molecular weight is 524 g/mol. The minimum Gasteiger partial charge on any atom is -0.454 e. The van der Waals surface area contributed by atoms with Crippen LogP contribution in [0.5, 0.6) is 11.5 Å². The van der Waals surface area contributed by atoms with Gasteiger partial charge in [-0.25, -0.2) is 4.98 Å². The van der Waals surface area contributed by atoms with Crippen LogP contribution < -0.4 is 9.47 Å². The van der Waals surface area contributed by atoms with Crippen LogP contribution in [-0.4, -0.2) is 40.5 Å². The summed E-state index contributed by atoms with van der Waals surface area (Å²) < 4.78 is 19.8. The van der Waals surface area contributed by atoms with Crippen molar-refractivity contribution in [3.63, 3.8) is 0 Å². The van der Waals surface area contributed by atoms with Crippen molar-refractivity contribution < 1.29 is 14.2 Å². The van der Waals surface area contributed by atoms with E-state index in [1.54, 1.807) is 0 Å². The van der Waals surface area contributed by atoms with Gasteiger partial charge in [-0.15, -0.1) is 0 Å². The number of hydrogen-bond acceptors (Lipinski definition) is 5. The molecule has 202 valence electrons. The summed E-state index contributed by atoms with van der Waals surface area (Å²) in [6.45, 7) is 6.78. The minimum atomic E-state index is 0.250. The molecule has 1 saturated heterocycles. The highest BCUT2D eigenvalue weighted by Crippen LogP contribution is 2.34. The number of unbranched alkanes of at least 4 members (excludes halogenated alkanes) is 1. The molecule has 6 nitrogen and oxygen atoms in total. The summed E-state index contributed by atoms with van der Waals surface area (Å²) in [5.41, 5.74) is 5.83. The zero-order valence-corrected chi connectivity index (χ0v) is 22.7. The summed E-state index contributed by atoms with van der Waals surface area (Å²) in [5.74, 6) is 2.69. The average Bonchev–Trinajstić information content (AvgIpc) is 3.73. The Kier molecular flexibility index (Phi) is 7.93. The third kappa shape index (κ3) is 5.87. The molecule has 0 N–H and O–H groups in total. The predicted molar refractivity (Wildman–Crippen MR) is 154 cm³/mol. The van der Waals surface area contributed by atoms with Crippen molar-refractivity contribution in [2.75, 3.05) is 19.9 Å². The molecule has 0 bridgehead atoms. The van der Waals surface area contributed by atoms with Gasteiger partial charge in [0.15, 0.2) is 11.5 Å². The van der Waals surface area contributed by atoms with Crippen molar-refractivity contribution in [3.05, 3.63) is 90.1 Å². The first-order valence-electron chi connectivity index (χ1n) is 14.2. The van der Waals surface area contributed by atoms with E-state index in [-0.39, 0.29) is 12.9 Å². The maximum atomic E-state index is 6.11. The van der Waals surface area contributed by atoms with Gasteiger partial charge in [0.1, 0.15) is 5.82 Å². The normalized spacial score (nSPS) is 16.3. The first kappa shape index (κ1) is 25.7. The summed E-state index contributed by atoms with van der Waals surface area (Å²) in [6, 6.07) is 27.5. The largest absolute Gasteiger partial charge is 0.454 e. The molecule has 1 atom stereocenters. The van der Waals surface area contributed by atoms with Gasteiger partial charge in [-0.05, 0) is 37.0 Å². The van der Waals surface area contributed by atoms with Gasteiger partial charge >= 0.3 is 0 Å². The minimum absolute atomic E-state index is 0.250. The molecule has 0 aliphatic carbocycles. The zero-order chi connectivity index (χ0) is 26.4. The third-order valence-corrected chi connectivity index (χ3v) is 7.59. The maximum Gasteiger partial charge on any atom is 0.231 e. The molecule has 3 heterocycles. The van der Waals surface area contributed by atoms with Crippen LogP contribution in [0.4, 0.5) is 0 Å². The van der Waals surface area contributed by atoms with Crippen molar-refractivity contribution in [2.24, 2.45) is 0 Å². The van der Waals surface area contributed by atoms with E-state index in [0.29, 0.717) is 0 Å². The SMILES string of the molecule is CCCCn1c(-c2ccccc2)nc(-c2ccccc2)c1CN(Cc1ccc2c(c1)OCO2)C[C@H]1CCCO1. The van der Waals surface area contributed by atoms with Gasteiger partial charge in [-0.1, -0.05) is 80.1 Å². The zero-order valence-electron chi connectivity index (χ0n) is 22.7. The predicted octanol–water partition coefficient (Wildman–Crippen LogP) is 6.93. The number of fused-ring (bicyclic) bond motifs is 1.